The maximum atomic E-state index is 4.21. The van der Waals surface area contributed by atoms with Gasteiger partial charge in [-0.25, -0.2) is 4.98 Å². The standard InChI is InChI=1S/C20H39N3/c1-2-3-4-5-6-7-8-9-10-11-12-13-14-15-16-21-17-20-18-22-19-23-20/h18-19,21H,2-17H2,1H3,(H,22,23). The minimum absolute atomic E-state index is 0.891. The van der Waals surface area contributed by atoms with Crippen LogP contribution in [0.4, 0.5) is 0 Å². The lowest BCUT2D eigenvalue weighted by Gasteiger charge is -2.04. The van der Waals surface area contributed by atoms with Crippen molar-refractivity contribution in [2.75, 3.05) is 6.54 Å². The second kappa shape index (κ2) is 16.0. The Labute approximate surface area is 144 Å². The van der Waals surface area contributed by atoms with Crippen LogP contribution in [0, 0.1) is 0 Å². The summed E-state index contributed by atoms with van der Waals surface area (Å²) in [5.74, 6) is 0. The molecule has 0 amide bonds. The van der Waals surface area contributed by atoms with E-state index in [4.69, 9.17) is 0 Å². The number of nitrogens with one attached hydrogen (secondary N) is 2. The Morgan fingerprint density at radius 1 is 0.783 bits per heavy atom. The molecular weight excluding hydrogens is 282 g/mol. The lowest BCUT2D eigenvalue weighted by atomic mass is 10.0. The molecule has 0 saturated heterocycles. The summed E-state index contributed by atoms with van der Waals surface area (Å²) in [6.07, 6.45) is 23.6. The second-order valence-electron chi connectivity index (χ2n) is 6.83. The van der Waals surface area contributed by atoms with Gasteiger partial charge < -0.3 is 10.3 Å². The number of aromatic nitrogens is 2. The van der Waals surface area contributed by atoms with E-state index in [0.717, 1.165) is 18.8 Å². The van der Waals surface area contributed by atoms with Crippen molar-refractivity contribution in [2.24, 2.45) is 0 Å². The second-order valence-corrected chi connectivity index (χ2v) is 6.83. The van der Waals surface area contributed by atoms with Crippen LogP contribution in [0.2, 0.25) is 0 Å². The van der Waals surface area contributed by atoms with Crippen molar-refractivity contribution in [3.8, 4) is 0 Å². The molecular formula is C20H39N3. The van der Waals surface area contributed by atoms with Gasteiger partial charge in [-0.1, -0.05) is 90.4 Å². The van der Waals surface area contributed by atoms with E-state index in [0.29, 0.717) is 0 Å². The molecule has 0 aliphatic rings. The zero-order chi connectivity index (χ0) is 16.4. The quantitative estimate of drug-likeness (QED) is 0.346. The van der Waals surface area contributed by atoms with Crippen LogP contribution in [0.15, 0.2) is 12.5 Å². The number of unbranched alkanes of at least 4 members (excludes halogenated alkanes) is 13. The Balaban J connectivity index is 1.67. The Morgan fingerprint density at radius 2 is 1.30 bits per heavy atom. The zero-order valence-electron chi connectivity index (χ0n) is 15.4. The van der Waals surface area contributed by atoms with Crippen LogP contribution in [0.5, 0.6) is 0 Å². The van der Waals surface area contributed by atoms with Crippen molar-refractivity contribution in [3.05, 3.63) is 18.2 Å². The van der Waals surface area contributed by atoms with Crippen molar-refractivity contribution >= 4 is 0 Å². The fourth-order valence-corrected chi connectivity index (χ4v) is 3.05. The predicted molar refractivity (Wildman–Crippen MR) is 101 cm³/mol. The molecule has 1 aromatic heterocycles. The smallest absolute Gasteiger partial charge is 0.0923 e. The summed E-state index contributed by atoms with van der Waals surface area (Å²) in [6, 6.07) is 0. The molecule has 0 spiro atoms. The van der Waals surface area contributed by atoms with E-state index in [2.05, 4.69) is 22.2 Å². The average Bonchev–Trinajstić information content (AvgIpc) is 3.08. The fraction of sp³-hybridized carbons (Fsp3) is 0.850. The highest BCUT2D eigenvalue weighted by Gasteiger charge is 1.95. The third-order valence-corrected chi connectivity index (χ3v) is 4.57. The van der Waals surface area contributed by atoms with Crippen LogP contribution in [0.25, 0.3) is 0 Å². The first-order valence-electron chi connectivity index (χ1n) is 10.1. The fourth-order valence-electron chi connectivity index (χ4n) is 3.05. The minimum Gasteiger partial charge on any atom is -0.351 e. The number of hydrogen-bond donors (Lipinski definition) is 2. The first-order chi connectivity index (χ1) is 11.4. The molecule has 0 fully saturated rings. The molecule has 3 nitrogen and oxygen atoms in total. The number of aromatic amines is 1. The van der Waals surface area contributed by atoms with Crippen molar-refractivity contribution in [1.82, 2.24) is 15.3 Å². The molecule has 0 atom stereocenters. The van der Waals surface area contributed by atoms with Gasteiger partial charge in [-0.05, 0) is 13.0 Å². The molecule has 23 heavy (non-hydrogen) atoms. The van der Waals surface area contributed by atoms with Gasteiger partial charge in [-0.2, -0.15) is 0 Å². The molecule has 2 N–H and O–H groups in total. The Kier molecular flexibility index (Phi) is 14.1. The zero-order valence-corrected chi connectivity index (χ0v) is 15.4. The van der Waals surface area contributed by atoms with Crippen molar-refractivity contribution in [1.29, 1.82) is 0 Å². The van der Waals surface area contributed by atoms with Gasteiger partial charge in [0.2, 0.25) is 0 Å². The Morgan fingerprint density at radius 3 is 1.78 bits per heavy atom. The first-order valence-corrected chi connectivity index (χ1v) is 10.1. The van der Waals surface area contributed by atoms with Gasteiger partial charge in [0, 0.05) is 12.7 Å². The number of H-pyrrole nitrogens is 1. The monoisotopic (exact) mass is 321 g/mol. The van der Waals surface area contributed by atoms with Crippen molar-refractivity contribution in [3.63, 3.8) is 0 Å². The van der Waals surface area contributed by atoms with Crippen LogP contribution < -0.4 is 5.32 Å². The molecule has 1 rings (SSSR count). The van der Waals surface area contributed by atoms with Gasteiger partial charge in [0.15, 0.2) is 0 Å². The summed E-state index contributed by atoms with van der Waals surface area (Å²) in [7, 11) is 0. The lowest BCUT2D eigenvalue weighted by molar-refractivity contribution is 0.529. The van der Waals surface area contributed by atoms with Crippen LogP contribution in [0.3, 0.4) is 0 Å². The molecule has 0 saturated carbocycles. The third kappa shape index (κ3) is 13.3. The molecule has 1 heterocycles. The SMILES string of the molecule is CCCCCCCCCCCCCCCCNCc1c[nH]cn1. The van der Waals surface area contributed by atoms with Crippen molar-refractivity contribution < 1.29 is 0 Å². The number of rotatable bonds is 17. The highest BCUT2D eigenvalue weighted by Crippen LogP contribution is 2.12. The van der Waals surface area contributed by atoms with E-state index >= 15 is 0 Å². The van der Waals surface area contributed by atoms with Gasteiger partial charge in [-0.15, -0.1) is 0 Å². The molecule has 3 heteroatoms. The van der Waals surface area contributed by atoms with Crippen LogP contribution in [0.1, 0.15) is 103 Å². The van der Waals surface area contributed by atoms with Crippen LogP contribution in [-0.2, 0) is 6.54 Å². The van der Waals surface area contributed by atoms with Crippen molar-refractivity contribution in [2.45, 2.75) is 103 Å². The first kappa shape index (κ1) is 20.2. The summed E-state index contributed by atoms with van der Waals surface area (Å²) in [5, 5.41) is 3.45. The molecule has 0 radical (unpaired) electrons. The van der Waals surface area contributed by atoms with Gasteiger partial charge in [-0.3, -0.25) is 0 Å². The number of hydrogen-bond acceptors (Lipinski definition) is 2. The van der Waals surface area contributed by atoms with Crippen LogP contribution in [-0.4, -0.2) is 16.5 Å². The molecule has 0 bridgehead atoms. The van der Waals surface area contributed by atoms with E-state index in [1.807, 2.05) is 6.20 Å². The normalized spacial score (nSPS) is 11.2. The molecule has 0 aromatic carbocycles. The molecule has 1 aromatic rings. The predicted octanol–water partition coefficient (Wildman–Crippen LogP) is 5.98. The Bertz CT molecular complexity index is 322. The largest absolute Gasteiger partial charge is 0.351 e. The summed E-state index contributed by atoms with van der Waals surface area (Å²) >= 11 is 0. The highest BCUT2D eigenvalue weighted by molar-refractivity contribution is 4.92. The van der Waals surface area contributed by atoms with Gasteiger partial charge in [0.25, 0.3) is 0 Å². The maximum Gasteiger partial charge on any atom is 0.0923 e. The molecule has 0 aliphatic carbocycles. The summed E-state index contributed by atoms with van der Waals surface area (Å²) in [5.41, 5.74) is 1.11. The van der Waals surface area contributed by atoms with Gasteiger partial charge in [0.1, 0.15) is 0 Å². The summed E-state index contributed by atoms with van der Waals surface area (Å²) in [6.45, 7) is 4.30. The van der Waals surface area contributed by atoms with E-state index in [9.17, 15) is 0 Å². The highest BCUT2D eigenvalue weighted by atomic mass is 14.9. The van der Waals surface area contributed by atoms with E-state index < -0.39 is 0 Å². The number of nitrogens with zero attached hydrogens (tertiary/aromatic N) is 1. The molecule has 0 unspecified atom stereocenters. The van der Waals surface area contributed by atoms with E-state index in [-0.39, 0.29) is 0 Å². The van der Waals surface area contributed by atoms with E-state index in [1.54, 1.807) is 6.33 Å². The topological polar surface area (TPSA) is 40.7 Å². The summed E-state index contributed by atoms with van der Waals surface area (Å²) in [4.78, 5) is 7.19. The van der Waals surface area contributed by atoms with E-state index in [1.165, 1.54) is 89.9 Å². The summed E-state index contributed by atoms with van der Waals surface area (Å²) < 4.78 is 0. The number of imidazole rings is 1. The van der Waals surface area contributed by atoms with Gasteiger partial charge in [0.05, 0.1) is 12.0 Å². The molecule has 134 valence electrons. The Hall–Kier alpha value is -0.830. The van der Waals surface area contributed by atoms with Gasteiger partial charge >= 0.3 is 0 Å². The maximum absolute atomic E-state index is 4.21. The minimum atomic E-state index is 0.891. The lowest BCUT2D eigenvalue weighted by Crippen LogP contribution is -2.14. The third-order valence-electron chi connectivity index (χ3n) is 4.57. The average molecular weight is 322 g/mol. The molecule has 0 aliphatic heterocycles. The van der Waals surface area contributed by atoms with Crippen LogP contribution >= 0.6 is 0 Å².